The molecule has 0 aliphatic heterocycles. The van der Waals surface area contributed by atoms with Gasteiger partial charge in [-0.2, -0.15) is 5.10 Å². The highest BCUT2D eigenvalue weighted by molar-refractivity contribution is 7.89. The quantitative estimate of drug-likeness (QED) is 0.775. The number of hydrogen-bond donors (Lipinski definition) is 3. The molecule has 1 heterocycles. The van der Waals surface area contributed by atoms with Crippen LogP contribution in [0.4, 0.5) is 0 Å². The highest BCUT2D eigenvalue weighted by Crippen LogP contribution is 2.38. The first kappa shape index (κ1) is 15.0. The molecular weight excluding hydrogens is 282 g/mol. The maximum atomic E-state index is 12.4. The van der Waals surface area contributed by atoms with Gasteiger partial charge in [0.05, 0.1) is 5.69 Å². The molecule has 1 atom stereocenters. The molecule has 1 saturated carbocycles. The van der Waals surface area contributed by atoms with E-state index < -0.39 is 21.7 Å². The zero-order valence-electron chi connectivity index (χ0n) is 11.7. The topological polar surface area (TPSA) is 112 Å². The van der Waals surface area contributed by atoms with Crippen LogP contribution in [0.3, 0.4) is 0 Å². The Kier molecular flexibility index (Phi) is 3.64. The summed E-state index contributed by atoms with van der Waals surface area (Å²) < 4.78 is 27.5. The summed E-state index contributed by atoms with van der Waals surface area (Å²) in [7, 11) is -3.90. The highest BCUT2D eigenvalue weighted by atomic mass is 32.2. The summed E-state index contributed by atoms with van der Waals surface area (Å²) >= 11 is 0. The van der Waals surface area contributed by atoms with Crippen LogP contribution in [0.1, 0.15) is 49.3 Å². The van der Waals surface area contributed by atoms with E-state index >= 15 is 0 Å². The first-order valence-corrected chi connectivity index (χ1v) is 7.94. The predicted molar refractivity (Wildman–Crippen MR) is 72.0 cm³/mol. The third-order valence-corrected chi connectivity index (χ3v) is 5.55. The second-order valence-corrected chi connectivity index (χ2v) is 7.54. The fraction of sp³-hybridized carbons (Fsp3) is 0.667. The van der Waals surface area contributed by atoms with E-state index in [2.05, 4.69) is 14.9 Å². The van der Waals surface area contributed by atoms with E-state index in [1.165, 1.54) is 6.92 Å². The number of nitrogens with one attached hydrogen (secondary N) is 2. The van der Waals surface area contributed by atoms with Gasteiger partial charge in [0.1, 0.15) is 4.90 Å². The SMILES string of the molecule is Cc1[nH]nc(C(=O)O)c1S(=O)(=O)NC1CCCC1(C)C. The molecule has 3 N–H and O–H groups in total. The number of carbonyl (C=O) groups is 1. The summed E-state index contributed by atoms with van der Waals surface area (Å²) in [6.45, 7) is 5.51. The first-order chi connectivity index (χ1) is 9.15. The summed E-state index contributed by atoms with van der Waals surface area (Å²) in [5.41, 5.74) is -0.370. The Morgan fingerprint density at radius 3 is 2.65 bits per heavy atom. The molecule has 112 valence electrons. The van der Waals surface area contributed by atoms with Crippen LogP contribution in [0.25, 0.3) is 0 Å². The van der Waals surface area contributed by atoms with Crippen molar-refractivity contribution in [2.45, 2.75) is 51.0 Å². The van der Waals surface area contributed by atoms with Crippen molar-refractivity contribution >= 4 is 16.0 Å². The zero-order valence-corrected chi connectivity index (χ0v) is 12.5. The van der Waals surface area contributed by atoms with Gasteiger partial charge in [0.2, 0.25) is 10.0 Å². The number of nitrogens with zero attached hydrogens (tertiary/aromatic N) is 1. The van der Waals surface area contributed by atoms with Crippen molar-refractivity contribution in [3.8, 4) is 0 Å². The molecule has 2 rings (SSSR count). The average Bonchev–Trinajstić information content (AvgIpc) is 2.83. The van der Waals surface area contributed by atoms with Gasteiger partial charge < -0.3 is 5.11 Å². The number of H-pyrrole nitrogens is 1. The largest absolute Gasteiger partial charge is 0.476 e. The fourth-order valence-corrected chi connectivity index (χ4v) is 4.45. The van der Waals surface area contributed by atoms with Crippen molar-refractivity contribution in [2.75, 3.05) is 0 Å². The van der Waals surface area contributed by atoms with Crippen LogP contribution in [-0.4, -0.2) is 35.7 Å². The number of aryl methyl sites for hydroxylation is 1. The molecule has 0 bridgehead atoms. The fourth-order valence-electron chi connectivity index (χ4n) is 2.68. The number of aromatic amines is 1. The molecule has 1 unspecified atom stereocenters. The third-order valence-electron chi connectivity index (χ3n) is 3.92. The smallest absolute Gasteiger partial charge is 0.357 e. The second-order valence-electron chi connectivity index (χ2n) is 5.89. The number of hydrogen-bond acceptors (Lipinski definition) is 4. The maximum Gasteiger partial charge on any atom is 0.357 e. The Morgan fingerprint density at radius 1 is 1.50 bits per heavy atom. The Labute approximate surface area is 117 Å². The third kappa shape index (κ3) is 2.57. The van der Waals surface area contributed by atoms with Crippen LogP contribution in [0.5, 0.6) is 0 Å². The molecule has 20 heavy (non-hydrogen) atoms. The van der Waals surface area contributed by atoms with E-state index in [0.717, 1.165) is 19.3 Å². The van der Waals surface area contributed by atoms with Gasteiger partial charge in [-0.3, -0.25) is 5.10 Å². The van der Waals surface area contributed by atoms with Crippen LogP contribution in [0.2, 0.25) is 0 Å². The van der Waals surface area contributed by atoms with E-state index in [9.17, 15) is 13.2 Å². The van der Waals surface area contributed by atoms with E-state index in [4.69, 9.17) is 5.11 Å². The molecule has 8 heteroatoms. The van der Waals surface area contributed by atoms with Crippen molar-refractivity contribution < 1.29 is 18.3 Å². The van der Waals surface area contributed by atoms with Crippen LogP contribution in [-0.2, 0) is 10.0 Å². The highest BCUT2D eigenvalue weighted by Gasteiger charge is 2.39. The molecule has 7 nitrogen and oxygen atoms in total. The van der Waals surface area contributed by atoms with Gasteiger partial charge in [0, 0.05) is 6.04 Å². The molecule has 0 amide bonds. The number of aromatic nitrogens is 2. The summed E-state index contributed by atoms with van der Waals surface area (Å²) in [4.78, 5) is 10.8. The Bertz CT molecular complexity index is 633. The monoisotopic (exact) mass is 301 g/mol. The molecule has 0 saturated heterocycles. The van der Waals surface area contributed by atoms with Gasteiger partial charge in [-0.05, 0) is 25.2 Å². The van der Waals surface area contributed by atoms with Crippen molar-refractivity contribution in [2.24, 2.45) is 5.41 Å². The Morgan fingerprint density at radius 2 is 2.15 bits per heavy atom. The van der Waals surface area contributed by atoms with Gasteiger partial charge in [-0.1, -0.05) is 20.3 Å². The predicted octanol–water partition coefficient (Wildman–Crippen LogP) is 1.27. The van der Waals surface area contributed by atoms with E-state index in [1.54, 1.807) is 0 Å². The summed E-state index contributed by atoms with van der Waals surface area (Å²) in [5, 5.41) is 15.0. The first-order valence-electron chi connectivity index (χ1n) is 6.46. The van der Waals surface area contributed by atoms with E-state index in [-0.39, 0.29) is 22.0 Å². The minimum atomic E-state index is -3.90. The lowest BCUT2D eigenvalue weighted by Crippen LogP contribution is -2.41. The molecule has 1 aliphatic rings. The van der Waals surface area contributed by atoms with Crippen molar-refractivity contribution in [3.63, 3.8) is 0 Å². The molecule has 0 spiro atoms. The molecule has 0 radical (unpaired) electrons. The number of carboxylic acids is 1. The Balaban J connectivity index is 2.37. The lowest BCUT2D eigenvalue weighted by molar-refractivity contribution is 0.0686. The van der Waals surface area contributed by atoms with E-state index in [1.807, 2.05) is 13.8 Å². The van der Waals surface area contributed by atoms with Gasteiger partial charge in [0.15, 0.2) is 5.69 Å². The molecule has 0 aromatic carbocycles. The Hall–Kier alpha value is -1.41. The average molecular weight is 301 g/mol. The van der Waals surface area contributed by atoms with Gasteiger partial charge in [-0.25, -0.2) is 17.9 Å². The maximum absolute atomic E-state index is 12.4. The summed E-state index contributed by atoms with van der Waals surface area (Å²) in [6, 6.07) is -0.191. The van der Waals surface area contributed by atoms with Gasteiger partial charge in [0.25, 0.3) is 0 Å². The number of carboxylic acid groups (broad SMARTS) is 1. The number of sulfonamides is 1. The van der Waals surface area contributed by atoms with Crippen molar-refractivity contribution in [1.82, 2.24) is 14.9 Å². The van der Waals surface area contributed by atoms with Crippen LogP contribution in [0, 0.1) is 12.3 Å². The lowest BCUT2D eigenvalue weighted by Gasteiger charge is -2.27. The van der Waals surface area contributed by atoms with E-state index in [0.29, 0.717) is 0 Å². The molecule has 1 aliphatic carbocycles. The van der Waals surface area contributed by atoms with Gasteiger partial charge >= 0.3 is 5.97 Å². The van der Waals surface area contributed by atoms with Crippen LogP contribution >= 0.6 is 0 Å². The van der Waals surface area contributed by atoms with Crippen molar-refractivity contribution in [3.05, 3.63) is 11.4 Å². The van der Waals surface area contributed by atoms with Crippen molar-refractivity contribution in [1.29, 1.82) is 0 Å². The molecular formula is C12H19N3O4S. The minimum absolute atomic E-state index is 0.131. The molecule has 1 aromatic rings. The normalized spacial score (nSPS) is 22.1. The molecule has 1 aromatic heterocycles. The lowest BCUT2D eigenvalue weighted by atomic mass is 9.88. The standard InChI is InChI=1S/C12H19N3O4S/c1-7-10(9(11(16)17)14-13-7)20(18,19)15-8-5-4-6-12(8,2)3/h8,15H,4-6H2,1-3H3,(H,13,14)(H,16,17). The zero-order chi connectivity index (χ0) is 15.1. The number of aromatic carboxylic acids is 1. The summed E-state index contributed by atoms with van der Waals surface area (Å²) in [5.74, 6) is -1.36. The second kappa shape index (κ2) is 4.85. The summed E-state index contributed by atoms with van der Waals surface area (Å²) in [6.07, 6.45) is 2.65. The molecule has 1 fully saturated rings. The number of rotatable bonds is 4. The van der Waals surface area contributed by atoms with Gasteiger partial charge in [-0.15, -0.1) is 0 Å². The van der Waals surface area contributed by atoms with Crippen LogP contribution < -0.4 is 4.72 Å². The van der Waals surface area contributed by atoms with Crippen LogP contribution in [0.15, 0.2) is 4.90 Å². The minimum Gasteiger partial charge on any atom is -0.476 e.